The molecule has 0 saturated carbocycles. The van der Waals surface area contributed by atoms with Gasteiger partial charge in [0.1, 0.15) is 46.2 Å². The van der Waals surface area contributed by atoms with Crippen molar-refractivity contribution in [2.75, 3.05) is 6.61 Å². The molecule has 0 radical (unpaired) electrons. The first-order chi connectivity index (χ1) is 16.1. The van der Waals surface area contributed by atoms with Crippen LogP contribution in [0.1, 0.15) is 12.5 Å². The summed E-state index contributed by atoms with van der Waals surface area (Å²) in [6, 6.07) is 7.82. The van der Waals surface area contributed by atoms with E-state index in [2.05, 4.69) is 0 Å². The summed E-state index contributed by atoms with van der Waals surface area (Å²) in [5, 5.41) is 57.2. The molecule has 34 heavy (non-hydrogen) atoms. The van der Waals surface area contributed by atoms with Crippen LogP contribution in [0.25, 0.3) is 22.3 Å². The van der Waals surface area contributed by atoms with Crippen LogP contribution in [0.5, 0.6) is 17.2 Å². The maximum atomic E-state index is 13.0. The lowest BCUT2D eigenvalue weighted by molar-refractivity contribution is -0.157. The summed E-state index contributed by atoms with van der Waals surface area (Å²) in [5.74, 6) is -4.09. The number of aliphatic hydroxyl groups excluding tert-OH is 4. The van der Waals surface area contributed by atoms with E-state index >= 15 is 0 Å². The molecule has 0 fully saturated rings. The summed E-state index contributed by atoms with van der Waals surface area (Å²) < 4.78 is 10.7. The summed E-state index contributed by atoms with van der Waals surface area (Å²) in [6.07, 6.45) is -6.14. The van der Waals surface area contributed by atoms with Crippen molar-refractivity contribution in [3.05, 3.63) is 52.2 Å². The van der Waals surface area contributed by atoms with Gasteiger partial charge < -0.3 is 39.8 Å². The van der Waals surface area contributed by atoms with E-state index in [1.165, 1.54) is 24.3 Å². The molecule has 0 bridgehead atoms. The van der Waals surface area contributed by atoms with Crippen LogP contribution in [0, 0.1) is 0 Å². The fourth-order valence-corrected chi connectivity index (χ4v) is 3.29. The molecule has 11 heteroatoms. The lowest BCUT2D eigenvalue weighted by Gasteiger charge is -2.19. The predicted octanol–water partition coefficient (Wildman–Crippen LogP) is -0.0169. The highest BCUT2D eigenvalue weighted by Gasteiger charge is 2.35. The average Bonchev–Trinajstić information content (AvgIpc) is 2.82. The molecule has 1 aromatic heterocycles. The SMILES string of the molecule is CCc1c(-c2ccc(O)cc2)oc2cc(OC(=O)C(=O)[C@@H](O)[C@H](O)[C@@H](O)CO)cc(O)c2c1=O. The zero-order valence-electron chi connectivity index (χ0n) is 17.8. The monoisotopic (exact) mass is 474 g/mol. The number of phenolic OH excluding ortho intramolecular Hbond substituents is 2. The minimum absolute atomic E-state index is 0.000239. The average molecular weight is 474 g/mol. The van der Waals surface area contributed by atoms with Crippen molar-refractivity contribution in [1.82, 2.24) is 0 Å². The van der Waals surface area contributed by atoms with E-state index in [0.29, 0.717) is 5.56 Å². The number of benzene rings is 2. The maximum Gasteiger partial charge on any atom is 0.382 e. The Labute approximate surface area is 191 Å². The number of phenols is 2. The molecule has 0 unspecified atom stereocenters. The van der Waals surface area contributed by atoms with E-state index < -0.39 is 53.6 Å². The molecule has 3 rings (SSSR count). The number of fused-ring (bicyclic) bond motifs is 1. The number of ether oxygens (including phenoxy) is 1. The molecule has 2 aromatic carbocycles. The Morgan fingerprint density at radius 3 is 2.29 bits per heavy atom. The molecule has 0 aliphatic rings. The van der Waals surface area contributed by atoms with Crippen LogP contribution in [-0.4, -0.2) is 67.3 Å². The minimum Gasteiger partial charge on any atom is -0.508 e. The number of ketones is 1. The summed E-state index contributed by atoms with van der Waals surface area (Å²) in [6.45, 7) is 0.746. The molecule has 1 heterocycles. The molecule has 0 saturated heterocycles. The largest absolute Gasteiger partial charge is 0.508 e. The van der Waals surface area contributed by atoms with Crippen LogP contribution in [0.4, 0.5) is 0 Å². The summed E-state index contributed by atoms with van der Waals surface area (Å²) in [5.41, 5.74) is 0.0184. The van der Waals surface area contributed by atoms with Crippen LogP contribution in [0.15, 0.2) is 45.6 Å². The van der Waals surface area contributed by atoms with Crippen molar-refractivity contribution in [1.29, 1.82) is 0 Å². The molecule has 11 nitrogen and oxygen atoms in total. The first kappa shape index (κ1) is 24.9. The summed E-state index contributed by atoms with van der Waals surface area (Å²) in [7, 11) is 0. The smallest absolute Gasteiger partial charge is 0.382 e. The summed E-state index contributed by atoms with van der Waals surface area (Å²) in [4.78, 5) is 37.2. The Kier molecular flexibility index (Phi) is 7.32. The highest BCUT2D eigenvalue weighted by atomic mass is 16.5. The number of carbonyl (C=O) groups excluding carboxylic acids is 2. The predicted molar refractivity (Wildman–Crippen MR) is 116 cm³/mol. The number of rotatable bonds is 8. The van der Waals surface area contributed by atoms with E-state index in [-0.39, 0.29) is 34.5 Å². The van der Waals surface area contributed by atoms with Crippen LogP contribution >= 0.6 is 0 Å². The Morgan fingerprint density at radius 2 is 1.71 bits per heavy atom. The van der Waals surface area contributed by atoms with Crippen molar-refractivity contribution in [2.45, 2.75) is 31.7 Å². The van der Waals surface area contributed by atoms with Gasteiger partial charge in [-0.05, 0) is 30.7 Å². The quantitative estimate of drug-likeness (QED) is 0.146. The molecule has 0 aliphatic carbocycles. The van der Waals surface area contributed by atoms with Crippen molar-refractivity contribution in [3.63, 3.8) is 0 Å². The lowest BCUT2D eigenvalue weighted by Crippen LogP contribution is -2.47. The topological polar surface area (TPSA) is 195 Å². The second-order valence-corrected chi connectivity index (χ2v) is 7.39. The minimum atomic E-state index is -2.38. The first-order valence-corrected chi connectivity index (χ1v) is 10.1. The highest BCUT2D eigenvalue weighted by molar-refractivity contribution is 6.36. The highest BCUT2D eigenvalue weighted by Crippen LogP contribution is 2.33. The Hall–Kier alpha value is -3.77. The van der Waals surface area contributed by atoms with Gasteiger partial charge in [0.15, 0.2) is 11.5 Å². The standard InChI is InChI=1S/C23H22O11/c1-2-13-18(28)17-14(26)7-12(33-23(32)21(31)20(30)19(29)15(27)9-24)8-16(17)34-22(13)10-3-5-11(25)6-4-10/h3-8,15,19-20,24-27,29-30H,2,9H2,1H3/t15-,19+,20-/m0/s1. The van der Waals surface area contributed by atoms with E-state index in [1.54, 1.807) is 6.92 Å². The number of Topliss-reactive ketones (excluding diaryl/α,β-unsaturated/α-hetero) is 1. The molecule has 0 aliphatic heterocycles. The molecular formula is C23H22O11. The van der Waals surface area contributed by atoms with Gasteiger partial charge in [-0.15, -0.1) is 0 Å². The van der Waals surface area contributed by atoms with Crippen molar-refractivity contribution in [3.8, 4) is 28.6 Å². The zero-order chi connectivity index (χ0) is 25.2. The van der Waals surface area contributed by atoms with Gasteiger partial charge in [-0.25, -0.2) is 4.79 Å². The van der Waals surface area contributed by atoms with Gasteiger partial charge in [-0.2, -0.15) is 0 Å². The van der Waals surface area contributed by atoms with E-state index in [0.717, 1.165) is 12.1 Å². The van der Waals surface area contributed by atoms with Crippen LogP contribution < -0.4 is 10.2 Å². The molecular weight excluding hydrogens is 452 g/mol. The van der Waals surface area contributed by atoms with Gasteiger partial charge in [0.05, 0.1) is 6.61 Å². The van der Waals surface area contributed by atoms with Gasteiger partial charge >= 0.3 is 5.97 Å². The van der Waals surface area contributed by atoms with Crippen LogP contribution in [-0.2, 0) is 16.0 Å². The molecule has 6 N–H and O–H groups in total. The zero-order valence-corrected chi connectivity index (χ0v) is 17.8. The number of hydrogen-bond acceptors (Lipinski definition) is 11. The second kappa shape index (κ2) is 10.0. The van der Waals surface area contributed by atoms with Gasteiger partial charge in [0.25, 0.3) is 5.78 Å². The number of hydrogen-bond donors (Lipinski definition) is 6. The maximum absolute atomic E-state index is 13.0. The molecule has 3 aromatic rings. The van der Waals surface area contributed by atoms with E-state index in [9.17, 15) is 39.9 Å². The number of aliphatic hydroxyl groups is 4. The Balaban J connectivity index is 2.01. The normalized spacial score (nSPS) is 13.9. The van der Waals surface area contributed by atoms with Crippen LogP contribution in [0.2, 0.25) is 0 Å². The lowest BCUT2D eigenvalue weighted by atomic mass is 10.0. The molecule has 180 valence electrons. The molecule has 0 spiro atoms. The third-order valence-corrected chi connectivity index (χ3v) is 5.11. The fourth-order valence-electron chi connectivity index (χ4n) is 3.29. The third kappa shape index (κ3) is 4.77. The van der Waals surface area contributed by atoms with Gasteiger partial charge in [0, 0.05) is 23.3 Å². The molecule has 3 atom stereocenters. The number of esters is 1. The van der Waals surface area contributed by atoms with Gasteiger partial charge in [0.2, 0.25) is 0 Å². The second-order valence-electron chi connectivity index (χ2n) is 7.39. The summed E-state index contributed by atoms with van der Waals surface area (Å²) >= 11 is 0. The molecule has 0 amide bonds. The van der Waals surface area contributed by atoms with Crippen molar-refractivity contribution >= 4 is 22.7 Å². The third-order valence-electron chi connectivity index (χ3n) is 5.11. The van der Waals surface area contributed by atoms with Crippen molar-refractivity contribution in [2.24, 2.45) is 0 Å². The van der Waals surface area contributed by atoms with Gasteiger partial charge in [-0.3, -0.25) is 9.59 Å². The fraction of sp³-hybridized carbons (Fsp3) is 0.261. The van der Waals surface area contributed by atoms with Crippen LogP contribution in [0.3, 0.4) is 0 Å². The number of carbonyl (C=O) groups is 2. The van der Waals surface area contributed by atoms with Crippen molar-refractivity contribution < 1.29 is 49.4 Å². The Bertz CT molecular complexity index is 1280. The van der Waals surface area contributed by atoms with Gasteiger partial charge in [-0.1, -0.05) is 6.92 Å². The first-order valence-electron chi connectivity index (χ1n) is 10.1. The van der Waals surface area contributed by atoms with E-state index in [1.807, 2.05) is 0 Å². The number of aromatic hydroxyl groups is 2. The van der Waals surface area contributed by atoms with E-state index in [4.69, 9.17) is 14.3 Å². The Morgan fingerprint density at radius 1 is 1.06 bits per heavy atom.